The summed E-state index contributed by atoms with van der Waals surface area (Å²) >= 11 is 1.76. The van der Waals surface area contributed by atoms with Gasteiger partial charge in [-0.2, -0.15) is 0 Å². The maximum absolute atomic E-state index is 7.24. The Kier molecular flexibility index (Phi) is 10.5. The first-order valence-corrected chi connectivity index (χ1v) is 22.3. The van der Waals surface area contributed by atoms with Gasteiger partial charge in [0.2, 0.25) is 0 Å². The molecule has 0 saturated carbocycles. The molecule has 288 valence electrons. The lowest BCUT2D eigenvalue weighted by Gasteiger charge is -2.37. The third kappa shape index (κ3) is 6.72. The summed E-state index contributed by atoms with van der Waals surface area (Å²) in [4.78, 5) is 1.80. The van der Waals surface area contributed by atoms with E-state index in [4.69, 9.17) is 62.8 Å². The number of nitrogens with zero attached hydrogens (tertiary/aromatic N) is 1. The zero-order chi connectivity index (χ0) is 45.4. The van der Waals surface area contributed by atoms with Gasteiger partial charge < -0.3 is 4.90 Å². The zero-order valence-electron chi connectivity index (χ0n) is 35.7. The van der Waals surface area contributed by atoms with Crippen molar-refractivity contribution in [1.82, 2.24) is 0 Å². The highest BCUT2D eigenvalue weighted by Gasteiger charge is 2.27. The van der Waals surface area contributed by atoms with Crippen LogP contribution < -0.4 is 48.6 Å². The lowest BCUT2D eigenvalue weighted by atomic mass is 9.62. The van der Waals surface area contributed by atoms with Gasteiger partial charge in [-0.05, 0) is 90.3 Å². The molecule has 0 fully saturated rings. The molecule has 11 rings (SSSR count). The summed E-state index contributed by atoms with van der Waals surface area (Å²) in [5.74, 6) is 0. The highest BCUT2D eigenvalue weighted by atomic mass is 32.1. The van der Waals surface area contributed by atoms with Gasteiger partial charge in [-0.1, -0.05) is 195 Å². The second-order valence-electron chi connectivity index (χ2n) is 16.6. The summed E-state index contributed by atoms with van der Waals surface area (Å²) in [6.45, 7) is 0. The first-order chi connectivity index (χ1) is 32.1. The first kappa shape index (κ1) is 41.9. The molecule has 1 aromatic heterocycles. The van der Waals surface area contributed by atoms with E-state index in [2.05, 4.69) is 97.1 Å². The topological polar surface area (TPSA) is 3.24 Å². The Morgan fingerprint density at radius 3 is 1.41 bits per heavy atom. The summed E-state index contributed by atoms with van der Waals surface area (Å²) in [6, 6.07) is 59.4. The molecule has 10 heteroatoms. The van der Waals surface area contributed by atoms with Crippen LogP contribution in [0.2, 0.25) is 0 Å². The molecule has 0 unspecified atom stereocenters. The summed E-state index contributed by atoms with van der Waals surface area (Å²) in [7, 11) is 57.4. The van der Waals surface area contributed by atoms with Gasteiger partial charge in [0.1, 0.15) is 62.8 Å². The van der Waals surface area contributed by atoms with Crippen LogP contribution in [-0.4, -0.2) is 62.8 Å². The van der Waals surface area contributed by atoms with Crippen LogP contribution in [0.1, 0.15) is 0 Å². The first-order valence-electron chi connectivity index (χ1n) is 21.5. The molecule has 0 spiro atoms. The second kappa shape index (κ2) is 16.6. The average Bonchev–Trinajstić information content (AvgIpc) is 3.74. The van der Waals surface area contributed by atoms with E-state index in [-0.39, 0.29) is 55.1 Å². The number of hydrogen-bond acceptors (Lipinski definition) is 2. The van der Waals surface area contributed by atoms with Crippen LogP contribution >= 0.6 is 11.3 Å². The molecular formula is C56H29B8NS. The molecule has 1 heterocycles. The minimum absolute atomic E-state index is 0.167. The second-order valence-corrected chi connectivity index (χ2v) is 17.6. The van der Waals surface area contributed by atoms with E-state index < -0.39 is 0 Å². The number of anilines is 3. The predicted molar refractivity (Wildman–Crippen MR) is 294 cm³/mol. The Morgan fingerprint density at radius 1 is 0.318 bits per heavy atom. The average molecular weight is 834 g/mol. The van der Waals surface area contributed by atoms with Gasteiger partial charge >= 0.3 is 0 Å². The normalized spacial score (nSPS) is 11.5. The highest BCUT2D eigenvalue weighted by molar-refractivity contribution is 7.26. The molecule has 0 saturated heterocycles. The number of benzene rings is 10. The molecule has 0 atom stereocenters. The van der Waals surface area contributed by atoms with Gasteiger partial charge in [-0.3, -0.25) is 0 Å². The van der Waals surface area contributed by atoms with Crippen molar-refractivity contribution in [1.29, 1.82) is 0 Å². The van der Waals surface area contributed by atoms with Crippen molar-refractivity contribution < 1.29 is 0 Å². The van der Waals surface area contributed by atoms with Crippen molar-refractivity contribution in [3.63, 3.8) is 0 Å². The third-order valence-corrected chi connectivity index (χ3v) is 14.0. The van der Waals surface area contributed by atoms with Crippen LogP contribution in [0.15, 0.2) is 176 Å². The lowest BCUT2D eigenvalue weighted by molar-refractivity contribution is 1.33. The monoisotopic (exact) mass is 835 g/mol. The van der Waals surface area contributed by atoms with Gasteiger partial charge in [0, 0.05) is 37.2 Å². The maximum Gasteiger partial charge on any atom is 0.115 e. The molecule has 0 N–H and O–H groups in total. The quantitative estimate of drug-likeness (QED) is 0.159. The van der Waals surface area contributed by atoms with E-state index in [1.54, 1.807) is 16.2 Å². The van der Waals surface area contributed by atoms with E-state index in [1.807, 2.05) is 78.9 Å². The highest BCUT2D eigenvalue weighted by Crippen LogP contribution is 2.42. The van der Waals surface area contributed by atoms with Crippen LogP contribution in [0.25, 0.3) is 86.2 Å². The van der Waals surface area contributed by atoms with Crippen LogP contribution in [0, 0.1) is 0 Å². The van der Waals surface area contributed by atoms with Crippen molar-refractivity contribution in [2.24, 2.45) is 0 Å². The van der Waals surface area contributed by atoms with Crippen LogP contribution in [0.3, 0.4) is 0 Å². The fourth-order valence-corrected chi connectivity index (χ4v) is 10.8. The smallest absolute Gasteiger partial charge is 0.115 e. The zero-order valence-corrected chi connectivity index (χ0v) is 36.5. The van der Waals surface area contributed by atoms with Gasteiger partial charge in [-0.15, -0.1) is 11.3 Å². The Labute approximate surface area is 399 Å². The van der Waals surface area contributed by atoms with Crippen molar-refractivity contribution in [2.45, 2.75) is 0 Å². The van der Waals surface area contributed by atoms with Gasteiger partial charge in [-0.25, -0.2) is 0 Å². The van der Waals surface area contributed by atoms with Gasteiger partial charge in [0.15, 0.2) is 0 Å². The van der Waals surface area contributed by atoms with Gasteiger partial charge in [0.25, 0.3) is 0 Å². The molecule has 0 amide bonds. The molecule has 10 aromatic carbocycles. The minimum atomic E-state index is 0.167. The number of thiophene rings is 1. The van der Waals surface area contributed by atoms with Crippen molar-refractivity contribution in [3.05, 3.63) is 176 Å². The number of rotatable bonds is 7. The SMILES string of the molecule is [B]c1c([B])c(N(c2cccc(-c3cccc4sc5ccccc5c34)c2)c2c([B])c([B])c(-c3cccc4ccccc34)c([B])c2[B])c([B])c([B])c1-c1ccc(-c2cccc3ccccc23)cc1. The summed E-state index contributed by atoms with van der Waals surface area (Å²) in [5, 5.41) is 6.58. The number of hydrogen-bond donors (Lipinski definition) is 0. The molecule has 0 aliphatic rings. The van der Waals surface area contributed by atoms with Crippen LogP contribution in [0.5, 0.6) is 0 Å². The van der Waals surface area contributed by atoms with E-state index in [9.17, 15) is 0 Å². The molecule has 66 heavy (non-hydrogen) atoms. The van der Waals surface area contributed by atoms with Crippen LogP contribution in [-0.2, 0) is 0 Å². The van der Waals surface area contributed by atoms with Crippen molar-refractivity contribution >= 4 is 177 Å². The van der Waals surface area contributed by atoms with Gasteiger partial charge in [0.05, 0.1) is 0 Å². The van der Waals surface area contributed by atoms with Crippen molar-refractivity contribution in [3.8, 4) is 44.5 Å². The molecule has 0 aliphatic carbocycles. The van der Waals surface area contributed by atoms with E-state index in [1.165, 1.54) is 14.8 Å². The molecule has 1 nitrogen and oxygen atoms in total. The fourth-order valence-electron chi connectivity index (χ4n) is 9.65. The molecule has 0 aliphatic heterocycles. The Hall–Kier alpha value is -6.74. The largest absolute Gasteiger partial charge is 0.313 e. The standard InChI is InChI=1S/C56H29B8NS/c57-47-44(33-27-25-32(26-28-33)37-20-8-13-30-11-1-3-17-36(30)37)48(58)52(62)55(51(47)61)65(35-16-7-15-34(29-35)39-21-10-24-43-45(39)41-19-5-6-23-42(41)66-43)56-53(63)49(59)46(50(60)54(56)64)40-22-9-14-31-12-2-4-18-38(31)40/h1-29H. The maximum atomic E-state index is 7.24. The fraction of sp³-hybridized carbons (Fsp3) is 0. The molecule has 16 radical (unpaired) electrons. The van der Waals surface area contributed by atoms with E-state index >= 15 is 0 Å². The van der Waals surface area contributed by atoms with Crippen LogP contribution in [0.4, 0.5) is 17.1 Å². The Bertz CT molecular complexity index is 3700. The Morgan fingerprint density at radius 2 is 0.773 bits per heavy atom. The predicted octanol–water partition coefficient (Wildman–Crippen LogP) is 6.85. The summed E-state index contributed by atoms with van der Waals surface area (Å²) in [5.41, 5.74) is 9.50. The Balaban J connectivity index is 1.12. The number of fused-ring (bicyclic) bond motifs is 5. The minimum Gasteiger partial charge on any atom is -0.313 e. The molecule has 11 aromatic rings. The van der Waals surface area contributed by atoms with E-state index in [0.717, 1.165) is 60.3 Å². The molecule has 0 bridgehead atoms. The lowest BCUT2D eigenvalue weighted by Crippen LogP contribution is -2.50. The third-order valence-electron chi connectivity index (χ3n) is 12.9. The van der Waals surface area contributed by atoms with Crippen molar-refractivity contribution in [2.75, 3.05) is 4.90 Å². The van der Waals surface area contributed by atoms with E-state index in [0.29, 0.717) is 16.8 Å². The summed E-state index contributed by atoms with van der Waals surface area (Å²) in [6.07, 6.45) is 0. The summed E-state index contributed by atoms with van der Waals surface area (Å²) < 4.78 is 2.37. The molecular weight excluding hydrogens is 805 g/mol.